The van der Waals surface area contributed by atoms with Crippen LogP contribution in [-0.4, -0.2) is 22.2 Å². The van der Waals surface area contributed by atoms with E-state index in [4.69, 9.17) is 10.2 Å². The summed E-state index contributed by atoms with van der Waals surface area (Å²) in [5.41, 5.74) is 2.31. The van der Waals surface area contributed by atoms with E-state index in [1.165, 1.54) is 0 Å². The van der Waals surface area contributed by atoms with E-state index in [-0.39, 0.29) is 23.7 Å². The molecule has 2 aliphatic carbocycles. The second kappa shape index (κ2) is 6.87. The zero-order valence-corrected chi connectivity index (χ0v) is 13.2. The lowest BCUT2D eigenvalue weighted by Gasteiger charge is -1.95. The van der Waals surface area contributed by atoms with Gasteiger partial charge in [0.2, 0.25) is 0 Å². The predicted molar refractivity (Wildman–Crippen MR) is 89.9 cm³/mol. The van der Waals surface area contributed by atoms with Crippen LogP contribution in [0.5, 0.6) is 0 Å². The summed E-state index contributed by atoms with van der Waals surface area (Å²) in [4.78, 5) is 21.1. The van der Waals surface area contributed by atoms with Crippen molar-refractivity contribution in [2.45, 2.75) is 24.7 Å². The summed E-state index contributed by atoms with van der Waals surface area (Å²) >= 11 is 0. The van der Waals surface area contributed by atoms with Crippen molar-refractivity contribution in [2.75, 3.05) is 0 Å². The highest BCUT2D eigenvalue weighted by Gasteiger charge is 2.44. The van der Waals surface area contributed by atoms with Gasteiger partial charge in [-0.3, -0.25) is 9.59 Å². The minimum absolute atomic E-state index is 0.132. The second-order valence-electron chi connectivity index (χ2n) is 6.40. The topological polar surface area (TPSA) is 74.6 Å². The smallest absolute Gasteiger partial charge is 0.307 e. The van der Waals surface area contributed by atoms with Crippen LogP contribution in [-0.2, 0) is 9.59 Å². The van der Waals surface area contributed by atoms with E-state index in [0.29, 0.717) is 0 Å². The van der Waals surface area contributed by atoms with Gasteiger partial charge in [0.25, 0.3) is 0 Å². The third-order valence-corrected chi connectivity index (χ3v) is 4.67. The summed E-state index contributed by atoms with van der Waals surface area (Å²) in [7, 11) is 0. The Hall–Kier alpha value is -2.62. The van der Waals surface area contributed by atoms with Gasteiger partial charge in [0.15, 0.2) is 0 Å². The minimum atomic E-state index is -0.663. The van der Waals surface area contributed by atoms with Crippen LogP contribution >= 0.6 is 0 Å². The van der Waals surface area contributed by atoms with Gasteiger partial charge in [-0.25, -0.2) is 0 Å². The normalized spacial score (nSPS) is 26.7. The molecule has 0 heterocycles. The Morgan fingerprint density at radius 3 is 1.25 bits per heavy atom. The number of hydrogen-bond acceptors (Lipinski definition) is 2. The fourth-order valence-electron chi connectivity index (χ4n) is 3.07. The molecule has 24 heavy (non-hydrogen) atoms. The number of carboxylic acids is 2. The summed E-state index contributed by atoms with van der Waals surface area (Å²) in [6, 6.07) is 19.7. The van der Waals surface area contributed by atoms with Crippen molar-refractivity contribution >= 4 is 11.9 Å². The average Bonchev–Trinajstić information content (AvgIpc) is 3.49. The number of benzene rings is 2. The van der Waals surface area contributed by atoms with Crippen molar-refractivity contribution in [1.82, 2.24) is 0 Å². The van der Waals surface area contributed by atoms with Crippen molar-refractivity contribution in [1.29, 1.82) is 0 Å². The van der Waals surface area contributed by atoms with Crippen molar-refractivity contribution in [3.05, 3.63) is 71.8 Å². The van der Waals surface area contributed by atoms with E-state index >= 15 is 0 Å². The third kappa shape index (κ3) is 3.82. The Morgan fingerprint density at radius 2 is 1.00 bits per heavy atom. The molecule has 2 N–H and O–H groups in total. The fourth-order valence-corrected chi connectivity index (χ4v) is 3.07. The van der Waals surface area contributed by atoms with Gasteiger partial charge in [-0.1, -0.05) is 60.7 Å². The van der Waals surface area contributed by atoms with Crippen LogP contribution < -0.4 is 0 Å². The summed E-state index contributed by atoms with van der Waals surface area (Å²) in [5, 5.41) is 17.4. The molecule has 2 aromatic rings. The molecule has 2 saturated carbocycles. The van der Waals surface area contributed by atoms with Crippen LogP contribution in [0.2, 0.25) is 0 Å². The Balaban J connectivity index is 0.000000141. The third-order valence-electron chi connectivity index (χ3n) is 4.67. The van der Waals surface area contributed by atoms with Crippen molar-refractivity contribution in [3.8, 4) is 0 Å². The first-order valence-electron chi connectivity index (χ1n) is 8.13. The number of hydrogen-bond donors (Lipinski definition) is 2. The first kappa shape index (κ1) is 16.2. The summed E-state index contributed by atoms with van der Waals surface area (Å²) < 4.78 is 0. The molecule has 4 atom stereocenters. The van der Waals surface area contributed by atoms with Gasteiger partial charge >= 0.3 is 11.9 Å². The highest BCUT2D eigenvalue weighted by molar-refractivity contribution is 5.75. The molecule has 0 aliphatic heterocycles. The molecule has 0 bridgehead atoms. The zero-order chi connectivity index (χ0) is 17.1. The number of aliphatic carboxylic acids is 2. The Morgan fingerprint density at radius 1 is 0.667 bits per heavy atom. The largest absolute Gasteiger partial charge is 0.481 e. The molecular formula is C20H20O4. The number of rotatable bonds is 4. The monoisotopic (exact) mass is 324 g/mol. The van der Waals surface area contributed by atoms with Crippen LogP contribution in [0.25, 0.3) is 0 Å². The van der Waals surface area contributed by atoms with Crippen molar-refractivity contribution in [2.24, 2.45) is 11.8 Å². The Bertz CT molecular complexity index is 647. The van der Waals surface area contributed by atoms with Gasteiger partial charge in [-0.2, -0.15) is 0 Å². The van der Waals surface area contributed by atoms with Crippen LogP contribution in [0.3, 0.4) is 0 Å². The molecule has 0 aromatic heterocycles. The second-order valence-corrected chi connectivity index (χ2v) is 6.40. The lowest BCUT2D eigenvalue weighted by Crippen LogP contribution is -1.98. The maximum Gasteiger partial charge on any atom is 0.307 e. The van der Waals surface area contributed by atoms with E-state index in [2.05, 4.69) is 0 Å². The zero-order valence-electron chi connectivity index (χ0n) is 13.2. The molecule has 4 heteroatoms. The van der Waals surface area contributed by atoms with Gasteiger partial charge in [0, 0.05) is 0 Å². The van der Waals surface area contributed by atoms with E-state index in [9.17, 15) is 9.59 Å². The first-order chi connectivity index (χ1) is 11.6. The lowest BCUT2D eigenvalue weighted by molar-refractivity contribution is -0.139. The summed E-state index contributed by atoms with van der Waals surface area (Å²) in [6.07, 6.45) is 1.61. The molecule has 0 radical (unpaired) electrons. The number of carbonyl (C=O) groups is 2. The maximum absolute atomic E-state index is 10.5. The molecule has 0 unspecified atom stereocenters. The van der Waals surface area contributed by atoms with Gasteiger partial charge in [-0.15, -0.1) is 0 Å². The quantitative estimate of drug-likeness (QED) is 0.898. The fraction of sp³-hybridized carbons (Fsp3) is 0.300. The van der Waals surface area contributed by atoms with Gasteiger partial charge in [0.1, 0.15) is 0 Å². The summed E-state index contributed by atoms with van der Waals surface area (Å²) in [6.45, 7) is 0. The van der Waals surface area contributed by atoms with E-state index in [1.54, 1.807) is 0 Å². The van der Waals surface area contributed by atoms with Crippen molar-refractivity contribution < 1.29 is 19.8 Å². The van der Waals surface area contributed by atoms with Crippen LogP contribution in [0.1, 0.15) is 35.8 Å². The Labute approximate surface area is 140 Å². The van der Waals surface area contributed by atoms with Crippen LogP contribution in [0.15, 0.2) is 60.7 Å². The molecule has 0 saturated heterocycles. The van der Waals surface area contributed by atoms with Crippen LogP contribution in [0.4, 0.5) is 0 Å². The SMILES string of the molecule is O=C(O)[C@@H]1C[C@@H]1c1ccccc1.O=C(O)[C@H]1C[C@H]1c1ccccc1. The van der Waals surface area contributed by atoms with Crippen molar-refractivity contribution in [3.63, 3.8) is 0 Å². The van der Waals surface area contributed by atoms with Gasteiger partial charge < -0.3 is 10.2 Å². The van der Waals surface area contributed by atoms with E-state index < -0.39 is 11.9 Å². The molecule has 124 valence electrons. The molecule has 4 nitrogen and oxygen atoms in total. The first-order valence-corrected chi connectivity index (χ1v) is 8.13. The predicted octanol–water partition coefficient (Wildman–Crippen LogP) is 3.75. The van der Waals surface area contributed by atoms with Gasteiger partial charge in [-0.05, 0) is 35.8 Å². The highest BCUT2D eigenvalue weighted by atomic mass is 16.4. The molecule has 2 aliphatic rings. The van der Waals surface area contributed by atoms with Gasteiger partial charge in [0.05, 0.1) is 11.8 Å². The molecule has 0 spiro atoms. The maximum atomic E-state index is 10.5. The minimum Gasteiger partial charge on any atom is -0.481 e. The van der Waals surface area contributed by atoms with E-state index in [1.807, 2.05) is 60.7 Å². The molecule has 4 rings (SSSR count). The van der Waals surface area contributed by atoms with Crippen LogP contribution in [0, 0.1) is 11.8 Å². The highest BCUT2D eigenvalue weighted by Crippen LogP contribution is 2.47. The standard InChI is InChI=1S/2C10H10O2/c2*11-10(12)9-6-8(9)7-4-2-1-3-5-7/h2*1-5,8-9H,6H2,(H,11,12)/t2*8-,9-/m10/s1. The Kier molecular flexibility index (Phi) is 4.65. The molecule has 0 amide bonds. The summed E-state index contributed by atoms with van der Waals surface area (Å²) in [5.74, 6) is -1.06. The average molecular weight is 324 g/mol. The lowest BCUT2D eigenvalue weighted by atomic mass is 10.1. The van der Waals surface area contributed by atoms with E-state index in [0.717, 1.165) is 24.0 Å². The molecule has 2 fully saturated rings. The molecular weight excluding hydrogens is 304 g/mol. The number of carboxylic acid groups (broad SMARTS) is 2. The molecule has 2 aromatic carbocycles.